The van der Waals surface area contributed by atoms with Crippen LogP contribution in [0.15, 0.2) is 24.3 Å². The lowest BCUT2D eigenvalue weighted by molar-refractivity contribution is 0.280. The molecule has 1 N–H and O–H groups in total. The molecular formula is C13H14Cl2N2O. The minimum atomic E-state index is -0.112. The van der Waals surface area contributed by atoms with E-state index < -0.39 is 0 Å². The molecule has 0 radical (unpaired) electrons. The van der Waals surface area contributed by atoms with E-state index in [0.29, 0.717) is 15.7 Å². The van der Waals surface area contributed by atoms with Crippen LogP contribution in [0.4, 0.5) is 0 Å². The van der Waals surface area contributed by atoms with E-state index in [2.05, 4.69) is 12.0 Å². The summed E-state index contributed by atoms with van der Waals surface area (Å²) in [6, 6.07) is 7.35. The second-order valence-electron chi connectivity index (χ2n) is 3.99. The molecule has 3 nitrogen and oxygen atoms in total. The molecular weight excluding hydrogens is 271 g/mol. The Labute approximate surface area is 116 Å². The van der Waals surface area contributed by atoms with Crippen molar-refractivity contribution in [3.8, 4) is 5.69 Å². The lowest BCUT2D eigenvalue weighted by atomic mass is 10.2. The van der Waals surface area contributed by atoms with Crippen LogP contribution >= 0.6 is 23.2 Å². The molecule has 1 heterocycles. The smallest absolute Gasteiger partial charge is 0.138 e. The molecule has 0 aliphatic carbocycles. The fraction of sp³-hybridized carbons (Fsp3) is 0.308. The van der Waals surface area contributed by atoms with E-state index in [1.807, 2.05) is 18.2 Å². The van der Waals surface area contributed by atoms with Gasteiger partial charge in [-0.25, -0.2) is 4.68 Å². The summed E-state index contributed by atoms with van der Waals surface area (Å²) in [5, 5.41) is 14.8. The van der Waals surface area contributed by atoms with Crippen LogP contribution in [0.1, 0.15) is 24.6 Å². The summed E-state index contributed by atoms with van der Waals surface area (Å²) < 4.78 is 1.58. The lowest BCUT2D eigenvalue weighted by Gasteiger charge is -2.05. The van der Waals surface area contributed by atoms with Crippen molar-refractivity contribution in [2.45, 2.75) is 26.4 Å². The number of aryl methyl sites for hydroxylation is 1. The van der Waals surface area contributed by atoms with Gasteiger partial charge in [-0.15, -0.1) is 0 Å². The van der Waals surface area contributed by atoms with Crippen molar-refractivity contribution >= 4 is 23.2 Å². The monoisotopic (exact) mass is 284 g/mol. The first kappa shape index (κ1) is 13.4. The van der Waals surface area contributed by atoms with Gasteiger partial charge in [-0.05, 0) is 18.6 Å². The first-order chi connectivity index (χ1) is 8.69. The number of aliphatic hydroxyl groups is 1. The molecule has 5 heteroatoms. The van der Waals surface area contributed by atoms with Crippen LogP contribution in [0.25, 0.3) is 5.69 Å². The Morgan fingerprint density at radius 3 is 2.61 bits per heavy atom. The van der Waals surface area contributed by atoms with Crippen molar-refractivity contribution < 1.29 is 5.11 Å². The predicted octanol–water partition coefficient (Wildman–Crippen LogP) is 3.62. The number of hydrogen-bond acceptors (Lipinski definition) is 2. The fourth-order valence-electron chi connectivity index (χ4n) is 1.85. The van der Waals surface area contributed by atoms with Gasteiger partial charge in [0.25, 0.3) is 0 Å². The number of benzene rings is 1. The van der Waals surface area contributed by atoms with Gasteiger partial charge in [-0.1, -0.05) is 48.7 Å². The summed E-state index contributed by atoms with van der Waals surface area (Å²) in [7, 11) is 0. The summed E-state index contributed by atoms with van der Waals surface area (Å²) >= 11 is 12.4. The number of aliphatic hydroxyl groups excluding tert-OH is 1. The highest BCUT2D eigenvalue weighted by Gasteiger charge is 2.17. The average Bonchev–Trinajstić information content (AvgIpc) is 2.67. The van der Waals surface area contributed by atoms with Crippen molar-refractivity contribution in [3.05, 3.63) is 45.7 Å². The van der Waals surface area contributed by atoms with E-state index in [1.165, 1.54) is 0 Å². The molecule has 0 aliphatic heterocycles. The third-order valence-electron chi connectivity index (χ3n) is 2.73. The Kier molecular flexibility index (Phi) is 4.27. The number of para-hydroxylation sites is 1. The number of aromatic nitrogens is 2. The SMILES string of the molecule is CCCc1nn(-c2ccccc2Cl)c(Cl)c1CO. The van der Waals surface area contributed by atoms with E-state index in [-0.39, 0.29) is 6.61 Å². The molecule has 1 aromatic heterocycles. The first-order valence-electron chi connectivity index (χ1n) is 5.81. The molecule has 2 rings (SSSR count). The van der Waals surface area contributed by atoms with Crippen LogP contribution in [-0.2, 0) is 13.0 Å². The zero-order valence-corrected chi connectivity index (χ0v) is 11.5. The molecule has 0 unspecified atom stereocenters. The maximum absolute atomic E-state index is 9.38. The number of rotatable bonds is 4. The van der Waals surface area contributed by atoms with E-state index >= 15 is 0 Å². The Hall–Kier alpha value is -1.03. The molecule has 0 spiro atoms. The summed E-state index contributed by atoms with van der Waals surface area (Å²) in [6.45, 7) is 1.95. The minimum absolute atomic E-state index is 0.112. The minimum Gasteiger partial charge on any atom is -0.391 e. The molecule has 0 saturated carbocycles. The molecule has 0 saturated heterocycles. The molecule has 0 amide bonds. The van der Waals surface area contributed by atoms with Crippen LogP contribution in [0.5, 0.6) is 0 Å². The number of hydrogen-bond donors (Lipinski definition) is 1. The fourth-order valence-corrected chi connectivity index (χ4v) is 2.36. The molecule has 1 aromatic carbocycles. The summed E-state index contributed by atoms with van der Waals surface area (Å²) in [5.74, 6) is 0. The highest BCUT2D eigenvalue weighted by atomic mass is 35.5. The zero-order valence-electron chi connectivity index (χ0n) is 10.0. The third-order valence-corrected chi connectivity index (χ3v) is 3.44. The highest BCUT2D eigenvalue weighted by molar-refractivity contribution is 6.33. The van der Waals surface area contributed by atoms with Crippen molar-refractivity contribution in [2.75, 3.05) is 0 Å². The Morgan fingerprint density at radius 1 is 1.28 bits per heavy atom. The van der Waals surface area contributed by atoms with Gasteiger partial charge in [-0.3, -0.25) is 0 Å². The largest absolute Gasteiger partial charge is 0.391 e. The van der Waals surface area contributed by atoms with Gasteiger partial charge in [0.15, 0.2) is 0 Å². The Bertz CT molecular complexity index is 552. The van der Waals surface area contributed by atoms with E-state index in [9.17, 15) is 5.11 Å². The maximum Gasteiger partial charge on any atom is 0.138 e. The van der Waals surface area contributed by atoms with Crippen molar-refractivity contribution in [1.82, 2.24) is 9.78 Å². The standard InChI is InChI=1S/C13H14Cl2N2O/c1-2-5-11-9(8-18)13(15)17(16-11)12-7-4-3-6-10(12)14/h3-4,6-7,18H,2,5,8H2,1H3. The van der Waals surface area contributed by atoms with Crippen molar-refractivity contribution in [1.29, 1.82) is 0 Å². The van der Waals surface area contributed by atoms with Gasteiger partial charge in [0.1, 0.15) is 5.15 Å². The molecule has 96 valence electrons. The topological polar surface area (TPSA) is 38.0 Å². The average molecular weight is 285 g/mol. The number of halogens is 2. The molecule has 0 atom stereocenters. The Morgan fingerprint density at radius 2 is 2.00 bits per heavy atom. The van der Waals surface area contributed by atoms with E-state index in [0.717, 1.165) is 24.2 Å². The quantitative estimate of drug-likeness (QED) is 0.931. The normalized spacial score (nSPS) is 10.9. The molecule has 2 aromatic rings. The molecule has 18 heavy (non-hydrogen) atoms. The van der Waals surface area contributed by atoms with Gasteiger partial charge in [0, 0.05) is 5.56 Å². The van der Waals surface area contributed by atoms with Gasteiger partial charge >= 0.3 is 0 Å². The zero-order chi connectivity index (χ0) is 13.1. The van der Waals surface area contributed by atoms with Crippen LogP contribution in [0.2, 0.25) is 10.2 Å². The summed E-state index contributed by atoms with van der Waals surface area (Å²) in [4.78, 5) is 0. The van der Waals surface area contributed by atoms with Crippen molar-refractivity contribution in [2.24, 2.45) is 0 Å². The van der Waals surface area contributed by atoms with Gasteiger partial charge in [0.2, 0.25) is 0 Å². The van der Waals surface area contributed by atoms with Gasteiger partial charge in [0.05, 0.1) is 23.0 Å². The highest BCUT2D eigenvalue weighted by Crippen LogP contribution is 2.28. The van der Waals surface area contributed by atoms with Crippen LogP contribution in [0.3, 0.4) is 0 Å². The van der Waals surface area contributed by atoms with Crippen LogP contribution in [-0.4, -0.2) is 14.9 Å². The Balaban J connectivity index is 2.55. The maximum atomic E-state index is 9.38. The first-order valence-corrected chi connectivity index (χ1v) is 6.56. The van der Waals surface area contributed by atoms with Crippen molar-refractivity contribution in [3.63, 3.8) is 0 Å². The van der Waals surface area contributed by atoms with Gasteiger partial charge in [-0.2, -0.15) is 5.10 Å². The summed E-state index contributed by atoms with van der Waals surface area (Å²) in [5.41, 5.74) is 2.23. The molecule has 0 fully saturated rings. The van der Waals surface area contributed by atoms with Crippen LogP contribution in [0, 0.1) is 0 Å². The predicted molar refractivity (Wildman–Crippen MR) is 73.5 cm³/mol. The second kappa shape index (κ2) is 5.74. The van der Waals surface area contributed by atoms with E-state index in [4.69, 9.17) is 23.2 Å². The van der Waals surface area contributed by atoms with Gasteiger partial charge < -0.3 is 5.11 Å². The second-order valence-corrected chi connectivity index (χ2v) is 4.75. The van der Waals surface area contributed by atoms with Crippen LogP contribution < -0.4 is 0 Å². The molecule has 0 aliphatic rings. The number of nitrogens with zero attached hydrogens (tertiary/aromatic N) is 2. The lowest BCUT2D eigenvalue weighted by Crippen LogP contribution is -1.98. The molecule has 0 bridgehead atoms. The van der Waals surface area contributed by atoms with E-state index in [1.54, 1.807) is 10.7 Å². The third kappa shape index (κ3) is 2.39. The summed E-state index contributed by atoms with van der Waals surface area (Å²) in [6.07, 6.45) is 1.73.